The molecule has 0 spiro atoms. The van der Waals surface area contributed by atoms with Crippen LogP contribution in [0.1, 0.15) is 30.1 Å². The first-order valence-electron chi connectivity index (χ1n) is 6.27. The molecule has 3 rings (SSSR count). The molecular weight excluding hydrogens is 226 g/mol. The number of methoxy groups -OCH3 is 1. The van der Waals surface area contributed by atoms with Crippen LogP contribution in [-0.2, 0) is 6.42 Å². The van der Waals surface area contributed by atoms with E-state index in [1.54, 1.807) is 7.11 Å². The molecule has 2 N–H and O–H groups in total. The molecule has 0 aliphatic heterocycles. The fraction of sp³-hybridized carbons (Fsp3) is 0.357. The maximum atomic E-state index is 6.22. The van der Waals surface area contributed by atoms with E-state index in [0.29, 0.717) is 0 Å². The van der Waals surface area contributed by atoms with Gasteiger partial charge in [0.2, 0.25) is 0 Å². The molecule has 94 valence electrons. The molecular formula is C14H17N3O. The minimum Gasteiger partial charge on any atom is -0.494 e. The van der Waals surface area contributed by atoms with E-state index in [4.69, 9.17) is 10.5 Å². The van der Waals surface area contributed by atoms with Crippen LogP contribution in [-0.4, -0.2) is 16.9 Å². The lowest BCUT2D eigenvalue weighted by atomic mass is 9.94. The zero-order valence-electron chi connectivity index (χ0n) is 10.5. The number of hydrogen-bond acceptors (Lipinski definition) is 3. The molecule has 1 aliphatic rings. The number of aromatic nitrogens is 2. The van der Waals surface area contributed by atoms with E-state index >= 15 is 0 Å². The lowest BCUT2D eigenvalue weighted by Gasteiger charge is -2.21. The Morgan fingerprint density at radius 1 is 1.39 bits per heavy atom. The van der Waals surface area contributed by atoms with Crippen LogP contribution in [0.3, 0.4) is 0 Å². The van der Waals surface area contributed by atoms with Crippen LogP contribution in [0.15, 0.2) is 30.5 Å². The molecule has 18 heavy (non-hydrogen) atoms. The molecule has 4 nitrogen and oxygen atoms in total. The second kappa shape index (κ2) is 4.46. The van der Waals surface area contributed by atoms with Crippen molar-refractivity contribution in [2.45, 2.75) is 25.3 Å². The van der Waals surface area contributed by atoms with Crippen molar-refractivity contribution < 1.29 is 4.74 Å². The summed E-state index contributed by atoms with van der Waals surface area (Å²) in [4.78, 5) is 0. The van der Waals surface area contributed by atoms with Crippen molar-refractivity contribution in [3.63, 3.8) is 0 Å². The molecule has 0 saturated carbocycles. The Balaban J connectivity index is 2.15. The molecule has 1 unspecified atom stereocenters. The Morgan fingerprint density at radius 2 is 2.22 bits per heavy atom. The third-order valence-electron chi connectivity index (χ3n) is 3.51. The van der Waals surface area contributed by atoms with E-state index in [-0.39, 0.29) is 6.04 Å². The van der Waals surface area contributed by atoms with Crippen LogP contribution in [0.5, 0.6) is 5.75 Å². The number of hydrogen-bond donors (Lipinski definition) is 1. The quantitative estimate of drug-likeness (QED) is 0.880. The highest BCUT2D eigenvalue weighted by atomic mass is 16.5. The van der Waals surface area contributed by atoms with Gasteiger partial charge in [0.25, 0.3) is 0 Å². The smallest absolute Gasteiger partial charge is 0.144 e. The highest BCUT2D eigenvalue weighted by molar-refractivity contribution is 5.48. The van der Waals surface area contributed by atoms with Gasteiger partial charge in [-0.15, -0.1) is 0 Å². The Bertz CT molecular complexity index is 562. The van der Waals surface area contributed by atoms with Crippen molar-refractivity contribution in [3.8, 4) is 11.4 Å². The lowest BCUT2D eigenvalue weighted by molar-refractivity contribution is 0.410. The van der Waals surface area contributed by atoms with Gasteiger partial charge in [-0.1, -0.05) is 12.1 Å². The summed E-state index contributed by atoms with van der Waals surface area (Å²) in [5, 5.41) is 4.48. The molecule has 0 bridgehead atoms. The molecule has 0 amide bonds. The van der Waals surface area contributed by atoms with Crippen LogP contribution in [0.25, 0.3) is 5.69 Å². The van der Waals surface area contributed by atoms with E-state index in [1.807, 2.05) is 35.1 Å². The van der Waals surface area contributed by atoms with Crippen molar-refractivity contribution in [3.05, 3.63) is 41.7 Å². The van der Waals surface area contributed by atoms with Crippen LogP contribution in [0.2, 0.25) is 0 Å². The number of nitrogens with two attached hydrogens (primary N) is 1. The van der Waals surface area contributed by atoms with Gasteiger partial charge in [-0.05, 0) is 37.0 Å². The predicted octanol–water partition coefficient (Wildman–Crippen LogP) is 2.22. The molecule has 4 heteroatoms. The average molecular weight is 243 g/mol. The first kappa shape index (κ1) is 11.3. The van der Waals surface area contributed by atoms with E-state index in [0.717, 1.165) is 36.4 Å². The average Bonchev–Trinajstić information content (AvgIpc) is 2.84. The molecule has 1 heterocycles. The minimum absolute atomic E-state index is 0.0705. The third kappa shape index (κ3) is 1.69. The summed E-state index contributed by atoms with van der Waals surface area (Å²) < 4.78 is 7.32. The number of rotatable bonds is 2. The highest BCUT2D eigenvalue weighted by Crippen LogP contribution is 2.32. The molecule has 0 radical (unpaired) electrons. The van der Waals surface area contributed by atoms with Crippen molar-refractivity contribution in [1.29, 1.82) is 0 Å². The Morgan fingerprint density at radius 3 is 3.06 bits per heavy atom. The third-order valence-corrected chi connectivity index (χ3v) is 3.51. The zero-order chi connectivity index (χ0) is 12.5. The molecule has 2 aromatic rings. The number of aryl methyl sites for hydroxylation is 1. The lowest BCUT2D eigenvalue weighted by Crippen LogP contribution is -2.20. The summed E-state index contributed by atoms with van der Waals surface area (Å²) in [5.41, 5.74) is 9.57. The number of ether oxygens (including phenoxy) is 1. The van der Waals surface area contributed by atoms with Gasteiger partial charge in [0, 0.05) is 6.04 Å². The number of nitrogens with zero attached hydrogens (tertiary/aromatic N) is 2. The first-order valence-corrected chi connectivity index (χ1v) is 6.27. The molecule has 0 fully saturated rings. The van der Waals surface area contributed by atoms with Gasteiger partial charge >= 0.3 is 0 Å². The van der Waals surface area contributed by atoms with E-state index in [9.17, 15) is 0 Å². The topological polar surface area (TPSA) is 53.1 Å². The summed E-state index contributed by atoms with van der Waals surface area (Å²) in [6.45, 7) is 0. The molecule has 1 atom stereocenters. The maximum Gasteiger partial charge on any atom is 0.144 e. The fourth-order valence-electron chi connectivity index (χ4n) is 2.63. The summed E-state index contributed by atoms with van der Waals surface area (Å²) in [7, 11) is 1.68. The molecule has 1 aliphatic carbocycles. The van der Waals surface area contributed by atoms with E-state index in [2.05, 4.69) is 5.10 Å². The number of para-hydroxylation sites is 2. The second-order valence-electron chi connectivity index (χ2n) is 4.64. The standard InChI is InChI=1S/C14H17N3O/c1-18-13-8-3-2-7-12(13)17-14-10(9-16-17)5-4-6-11(14)15/h2-3,7-9,11H,4-6,15H2,1H3. The van der Waals surface area contributed by atoms with Crippen LogP contribution < -0.4 is 10.5 Å². The zero-order valence-corrected chi connectivity index (χ0v) is 10.5. The summed E-state index contributed by atoms with van der Waals surface area (Å²) in [5.74, 6) is 0.821. The van der Waals surface area contributed by atoms with Crippen molar-refractivity contribution in [2.24, 2.45) is 5.73 Å². The minimum atomic E-state index is 0.0705. The summed E-state index contributed by atoms with van der Waals surface area (Å²) in [6, 6.07) is 7.96. The maximum absolute atomic E-state index is 6.22. The largest absolute Gasteiger partial charge is 0.494 e. The number of benzene rings is 1. The van der Waals surface area contributed by atoms with Crippen LogP contribution >= 0.6 is 0 Å². The number of fused-ring (bicyclic) bond motifs is 1. The van der Waals surface area contributed by atoms with Crippen molar-refractivity contribution >= 4 is 0 Å². The Kier molecular flexibility index (Phi) is 2.80. The SMILES string of the molecule is COc1ccccc1-n1ncc2c1C(N)CCC2. The predicted molar refractivity (Wildman–Crippen MR) is 70.0 cm³/mol. The molecule has 0 saturated heterocycles. The van der Waals surface area contributed by atoms with Gasteiger partial charge in [0.15, 0.2) is 0 Å². The van der Waals surface area contributed by atoms with Gasteiger partial charge in [0.05, 0.1) is 19.0 Å². The van der Waals surface area contributed by atoms with Gasteiger partial charge in [0.1, 0.15) is 11.4 Å². The van der Waals surface area contributed by atoms with Gasteiger partial charge in [-0.25, -0.2) is 4.68 Å². The Labute approximate surface area is 106 Å². The second-order valence-corrected chi connectivity index (χ2v) is 4.64. The van der Waals surface area contributed by atoms with Crippen LogP contribution in [0.4, 0.5) is 0 Å². The molecule has 1 aromatic carbocycles. The van der Waals surface area contributed by atoms with Crippen LogP contribution in [0, 0.1) is 0 Å². The van der Waals surface area contributed by atoms with Gasteiger partial charge in [-0.2, -0.15) is 5.10 Å². The van der Waals surface area contributed by atoms with Gasteiger partial charge in [-0.3, -0.25) is 0 Å². The normalized spacial score (nSPS) is 18.4. The fourth-order valence-corrected chi connectivity index (χ4v) is 2.63. The van der Waals surface area contributed by atoms with Crippen molar-refractivity contribution in [2.75, 3.05) is 7.11 Å². The Hall–Kier alpha value is -1.81. The first-order chi connectivity index (χ1) is 8.81. The summed E-state index contributed by atoms with van der Waals surface area (Å²) >= 11 is 0. The van der Waals surface area contributed by atoms with Gasteiger partial charge < -0.3 is 10.5 Å². The summed E-state index contributed by atoms with van der Waals surface area (Å²) in [6.07, 6.45) is 5.17. The van der Waals surface area contributed by atoms with E-state index in [1.165, 1.54) is 5.56 Å². The molecule has 1 aromatic heterocycles. The van der Waals surface area contributed by atoms with E-state index < -0.39 is 0 Å². The van der Waals surface area contributed by atoms with Crippen molar-refractivity contribution in [1.82, 2.24) is 9.78 Å². The highest BCUT2D eigenvalue weighted by Gasteiger charge is 2.23. The monoisotopic (exact) mass is 243 g/mol.